The monoisotopic (exact) mass is 245 g/mol. The van der Waals surface area contributed by atoms with Gasteiger partial charge < -0.3 is 5.32 Å². The summed E-state index contributed by atoms with van der Waals surface area (Å²) in [6, 6.07) is 9.32. The molecule has 1 aromatic carbocycles. The smallest absolute Gasteiger partial charge is 0.0434 e. The molecule has 0 bridgehead atoms. The van der Waals surface area contributed by atoms with E-state index in [0.29, 0.717) is 0 Å². The van der Waals surface area contributed by atoms with Gasteiger partial charge in [-0.2, -0.15) is 0 Å². The van der Waals surface area contributed by atoms with Crippen molar-refractivity contribution < 1.29 is 0 Å². The zero-order chi connectivity index (χ0) is 12.8. The summed E-state index contributed by atoms with van der Waals surface area (Å²) in [5.74, 6) is 0. The molecule has 1 aliphatic heterocycles. The van der Waals surface area contributed by atoms with Gasteiger partial charge in [0.05, 0.1) is 0 Å². The SMILES string of the molecule is CCCC1(c2ccc(CC)cc2)CCCCCN1. The maximum absolute atomic E-state index is 3.85. The Morgan fingerprint density at radius 3 is 2.50 bits per heavy atom. The molecule has 1 atom stereocenters. The van der Waals surface area contributed by atoms with Gasteiger partial charge in [0, 0.05) is 5.54 Å². The highest BCUT2D eigenvalue weighted by Gasteiger charge is 2.31. The van der Waals surface area contributed by atoms with E-state index in [1.807, 2.05) is 0 Å². The molecule has 1 N–H and O–H groups in total. The van der Waals surface area contributed by atoms with Crippen molar-refractivity contribution in [3.05, 3.63) is 35.4 Å². The van der Waals surface area contributed by atoms with Gasteiger partial charge in [-0.25, -0.2) is 0 Å². The third kappa shape index (κ3) is 2.95. The van der Waals surface area contributed by atoms with Crippen LogP contribution in [0.15, 0.2) is 24.3 Å². The van der Waals surface area contributed by atoms with Crippen LogP contribution in [0.4, 0.5) is 0 Å². The summed E-state index contributed by atoms with van der Waals surface area (Å²) < 4.78 is 0. The summed E-state index contributed by atoms with van der Waals surface area (Å²) in [6.45, 7) is 5.70. The second-order valence-corrected chi connectivity index (χ2v) is 5.62. The lowest BCUT2D eigenvalue weighted by atomic mass is 9.81. The van der Waals surface area contributed by atoms with E-state index in [1.54, 1.807) is 0 Å². The normalized spacial score (nSPS) is 24.8. The van der Waals surface area contributed by atoms with Crippen molar-refractivity contribution in [3.8, 4) is 0 Å². The minimum absolute atomic E-state index is 0.248. The van der Waals surface area contributed by atoms with E-state index in [0.717, 1.165) is 6.42 Å². The minimum atomic E-state index is 0.248. The summed E-state index contributed by atoms with van der Waals surface area (Å²) in [4.78, 5) is 0. The Hall–Kier alpha value is -0.820. The molecule has 1 heterocycles. The fourth-order valence-corrected chi connectivity index (χ4v) is 3.23. The molecule has 0 aromatic heterocycles. The summed E-state index contributed by atoms with van der Waals surface area (Å²) in [6.07, 6.45) is 9.02. The van der Waals surface area contributed by atoms with Crippen LogP contribution in [-0.2, 0) is 12.0 Å². The zero-order valence-corrected chi connectivity index (χ0v) is 12.0. The molecule has 1 aliphatic rings. The molecule has 1 saturated heterocycles. The van der Waals surface area contributed by atoms with Gasteiger partial charge in [-0.05, 0) is 43.4 Å². The lowest BCUT2D eigenvalue weighted by Gasteiger charge is -2.34. The lowest BCUT2D eigenvalue weighted by molar-refractivity contribution is 0.297. The molecule has 1 heteroatoms. The van der Waals surface area contributed by atoms with Gasteiger partial charge >= 0.3 is 0 Å². The van der Waals surface area contributed by atoms with Crippen LogP contribution in [0.25, 0.3) is 0 Å². The molecule has 1 aromatic rings. The number of rotatable bonds is 4. The van der Waals surface area contributed by atoms with Gasteiger partial charge in [0.1, 0.15) is 0 Å². The molecule has 1 fully saturated rings. The predicted octanol–water partition coefficient (Wildman–Crippen LogP) is 4.41. The summed E-state index contributed by atoms with van der Waals surface area (Å²) in [5.41, 5.74) is 3.19. The van der Waals surface area contributed by atoms with Crippen molar-refractivity contribution in [1.82, 2.24) is 5.32 Å². The van der Waals surface area contributed by atoms with Crippen LogP contribution in [0.5, 0.6) is 0 Å². The first kappa shape index (κ1) is 13.6. The number of hydrogen-bond acceptors (Lipinski definition) is 1. The van der Waals surface area contributed by atoms with Gasteiger partial charge in [0.2, 0.25) is 0 Å². The third-order valence-corrected chi connectivity index (χ3v) is 4.34. The second-order valence-electron chi connectivity index (χ2n) is 5.62. The highest BCUT2D eigenvalue weighted by Crippen LogP contribution is 2.34. The van der Waals surface area contributed by atoms with Crippen LogP contribution in [0.3, 0.4) is 0 Å². The Balaban J connectivity index is 2.26. The molecule has 2 rings (SSSR count). The molecule has 1 unspecified atom stereocenters. The van der Waals surface area contributed by atoms with E-state index in [2.05, 4.69) is 43.4 Å². The maximum atomic E-state index is 3.85. The maximum Gasteiger partial charge on any atom is 0.0434 e. The van der Waals surface area contributed by atoms with Crippen molar-refractivity contribution in [1.29, 1.82) is 0 Å². The van der Waals surface area contributed by atoms with E-state index in [-0.39, 0.29) is 5.54 Å². The number of hydrogen-bond donors (Lipinski definition) is 1. The summed E-state index contributed by atoms with van der Waals surface area (Å²) in [5, 5.41) is 3.85. The van der Waals surface area contributed by atoms with Crippen LogP contribution in [0, 0.1) is 0 Å². The lowest BCUT2D eigenvalue weighted by Crippen LogP contribution is -2.41. The Morgan fingerprint density at radius 1 is 1.06 bits per heavy atom. The number of nitrogens with one attached hydrogen (secondary N) is 1. The molecule has 0 saturated carbocycles. The van der Waals surface area contributed by atoms with Crippen LogP contribution in [0.1, 0.15) is 63.5 Å². The minimum Gasteiger partial charge on any atom is -0.307 e. The van der Waals surface area contributed by atoms with Gasteiger partial charge in [0.25, 0.3) is 0 Å². The highest BCUT2D eigenvalue weighted by atomic mass is 15.0. The van der Waals surface area contributed by atoms with E-state index >= 15 is 0 Å². The molecule has 0 aliphatic carbocycles. The first-order chi connectivity index (χ1) is 8.80. The van der Waals surface area contributed by atoms with Crippen LogP contribution < -0.4 is 5.32 Å². The van der Waals surface area contributed by atoms with E-state index in [1.165, 1.54) is 56.2 Å². The van der Waals surface area contributed by atoms with E-state index < -0.39 is 0 Å². The number of benzene rings is 1. The Kier molecular flexibility index (Phi) is 4.82. The molecule has 18 heavy (non-hydrogen) atoms. The van der Waals surface area contributed by atoms with Crippen molar-refractivity contribution >= 4 is 0 Å². The van der Waals surface area contributed by atoms with Gasteiger partial charge in [-0.15, -0.1) is 0 Å². The van der Waals surface area contributed by atoms with Crippen LogP contribution in [0.2, 0.25) is 0 Å². The molecule has 0 spiro atoms. The number of aryl methyl sites for hydroxylation is 1. The van der Waals surface area contributed by atoms with Gasteiger partial charge in [-0.1, -0.05) is 57.4 Å². The van der Waals surface area contributed by atoms with E-state index in [4.69, 9.17) is 0 Å². The Morgan fingerprint density at radius 2 is 1.83 bits per heavy atom. The van der Waals surface area contributed by atoms with Crippen molar-refractivity contribution in [2.75, 3.05) is 6.54 Å². The summed E-state index contributed by atoms with van der Waals surface area (Å²) in [7, 11) is 0. The third-order valence-electron chi connectivity index (χ3n) is 4.34. The topological polar surface area (TPSA) is 12.0 Å². The second kappa shape index (κ2) is 6.38. The van der Waals surface area contributed by atoms with Crippen LogP contribution in [-0.4, -0.2) is 6.54 Å². The van der Waals surface area contributed by atoms with E-state index in [9.17, 15) is 0 Å². The largest absolute Gasteiger partial charge is 0.307 e. The fraction of sp³-hybridized carbons (Fsp3) is 0.647. The molecule has 0 radical (unpaired) electrons. The zero-order valence-electron chi connectivity index (χ0n) is 12.0. The van der Waals surface area contributed by atoms with Crippen LogP contribution >= 0.6 is 0 Å². The quantitative estimate of drug-likeness (QED) is 0.828. The standard InChI is InChI=1S/C17H27N/c1-3-12-17(13-6-5-7-14-18-17)16-10-8-15(4-2)9-11-16/h8-11,18H,3-7,12-14H2,1-2H3. The predicted molar refractivity (Wildman–Crippen MR) is 78.9 cm³/mol. The fourth-order valence-electron chi connectivity index (χ4n) is 3.23. The van der Waals surface area contributed by atoms with Gasteiger partial charge in [0.15, 0.2) is 0 Å². The average molecular weight is 245 g/mol. The molecular formula is C17H27N. The highest BCUT2D eigenvalue weighted by molar-refractivity contribution is 5.29. The Labute approximate surface area is 112 Å². The Bertz CT molecular complexity index is 344. The first-order valence-electron chi connectivity index (χ1n) is 7.65. The molecule has 100 valence electrons. The van der Waals surface area contributed by atoms with Crippen molar-refractivity contribution in [2.45, 2.75) is 64.3 Å². The molecular weight excluding hydrogens is 218 g/mol. The summed E-state index contributed by atoms with van der Waals surface area (Å²) >= 11 is 0. The van der Waals surface area contributed by atoms with Gasteiger partial charge in [-0.3, -0.25) is 0 Å². The first-order valence-corrected chi connectivity index (χ1v) is 7.65. The van der Waals surface area contributed by atoms with Crippen molar-refractivity contribution in [2.24, 2.45) is 0 Å². The average Bonchev–Trinajstić information content (AvgIpc) is 2.66. The van der Waals surface area contributed by atoms with Crippen molar-refractivity contribution in [3.63, 3.8) is 0 Å². The molecule has 0 amide bonds. The molecule has 1 nitrogen and oxygen atoms in total.